The molecule has 1 heterocycles. The van der Waals surface area contributed by atoms with Crippen molar-refractivity contribution >= 4 is 16.0 Å². The van der Waals surface area contributed by atoms with E-state index in [2.05, 4.69) is 4.72 Å². The van der Waals surface area contributed by atoms with Gasteiger partial charge in [0.2, 0.25) is 10.0 Å². The van der Waals surface area contributed by atoms with Crippen LogP contribution in [0.25, 0.3) is 0 Å². The van der Waals surface area contributed by atoms with Crippen molar-refractivity contribution in [1.82, 2.24) is 9.62 Å². The second-order valence-corrected chi connectivity index (χ2v) is 8.16. The molecule has 122 valence electrons. The number of nitrogens with zero attached hydrogens (tertiary/aromatic N) is 1. The quantitative estimate of drug-likeness (QED) is 0.768. The molecule has 1 aliphatic heterocycles. The fraction of sp³-hybridized carbons (Fsp3) is 0.929. The number of carboxylic acids is 1. The van der Waals surface area contributed by atoms with Crippen LogP contribution in [-0.4, -0.2) is 54.8 Å². The Morgan fingerprint density at radius 1 is 1.29 bits per heavy atom. The molecular weight excluding hydrogens is 292 g/mol. The van der Waals surface area contributed by atoms with Crippen molar-refractivity contribution in [3.8, 4) is 0 Å². The molecule has 2 unspecified atom stereocenters. The van der Waals surface area contributed by atoms with Crippen LogP contribution in [0.3, 0.4) is 0 Å². The standard InChI is InChI=1S/C14H26N2O4S/c1-2-13(14(17)18)16-9-5-8-12(10-16)21(19,20)15-11-6-3-4-7-11/h11-13,15H,2-10H2,1H3,(H,17,18). The highest BCUT2D eigenvalue weighted by Crippen LogP contribution is 2.23. The lowest BCUT2D eigenvalue weighted by molar-refractivity contribution is -0.143. The molecule has 0 amide bonds. The molecule has 1 aliphatic carbocycles. The molecule has 2 fully saturated rings. The third-order valence-electron chi connectivity index (χ3n) is 4.65. The molecule has 0 radical (unpaired) electrons. The van der Waals surface area contributed by atoms with Crippen molar-refractivity contribution < 1.29 is 18.3 Å². The lowest BCUT2D eigenvalue weighted by atomic mass is 10.1. The van der Waals surface area contributed by atoms with Crippen LogP contribution in [0.5, 0.6) is 0 Å². The van der Waals surface area contributed by atoms with Crippen molar-refractivity contribution in [3.05, 3.63) is 0 Å². The van der Waals surface area contributed by atoms with Crippen LogP contribution in [0.15, 0.2) is 0 Å². The predicted octanol–water partition coefficient (Wildman–Crippen LogP) is 1.18. The Balaban J connectivity index is 2.00. The van der Waals surface area contributed by atoms with Gasteiger partial charge >= 0.3 is 5.97 Å². The number of carbonyl (C=O) groups is 1. The summed E-state index contributed by atoms with van der Waals surface area (Å²) in [5.41, 5.74) is 0. The number of likely N-dealkylation sites (tertiary alicyclic amines) is 1. The summed E-state index contributed by atoms with van der Waals surface area (Å²) in [6.07, 6.45) is 5.86. The third-order valence-corrected chi connectivity index (χ3v) is 6.57. The minimum absolute atomic E-state index is 0.0758. The first-order chi connectivity index (χ1) is 9.94. The normalized spacial score (nSPS) is 26.8. The second kappa shape index (κ2) is 7.07. The lowest BCUT2D eigenvalue weighted by Gasteiger charge is -2.36. The third kappa shape index (κ3) is 4.17. The molecule has 1 saturated carbocycles. The number of carboxylic acid groups (broad SMARTS) is 1. The van der Waals surface area contributed by atoms with Crippen LogP contribution < -0.4 is 4.72 Å². The zero-order valence-electron chi connectivity index (χ0n) is 12.6. The Bertz CT molecular complexity index is 460. The Labute approximate surface area is 126 Å². The maximum atomic E-state index is 12.5. The zero-order chi connectivity index (χ0) is 15.5. The van der Waals surface area contributed by atoms with Crippen LogP contribution in [0.4, 0.5) is 0 Å². The van der Waals surface area contributed by atoms with Gasteiger partial charge in [-0.1, -0.05) is 19.8 Å². The molecule has 0 bridgehead atoms. The highest BCUT2D eigenvalue weighted by atomic mass is 32.2. The van der Waals surface area contributed by atoms with Gasteiger partial charge in [0, 0.05) is 12.6 Å². The van der Waals surface area contributed by atoms with E-state index in [4.69, 9.17) is 0 Å². The van der Waals surface area contributed by atoms with E-state index < -0.39 is 27.3 Å². The van der Waals surface area contributed by atoms with E-state index in [0.717, 1.165) is 32.1 Å². The van der Waals surface area contributed by atoms with E-state index in [1.165, 1.54) is 0 Å². The molecule has 1 saturated heterocycles. The number of nitrogens with one attached hydrogen (secondary N) is 1. The van der Waals surface area contributed by atoms with Gasteiger partial charge in [0.05, 0.1) is 5.25 Å². The van der Waals surface area contributed by atoms with Gasteiger partial charge in [0.1, 0.15) is 6.04 Å². The van der Waals surface area contributed by atoms with Crippen LogP contribution in [-0.2, 0) is 14.8 Å². The molecule has 0 aromatic heterocycles. The molecule has 0 aromatic rings. The Hall–Kier alpha value is -0.660. The lowest BCUT2D eigenvalue weighted by Crippen LogP contribution is -2.52. The maximum absolute atomic E-state index is 12.5. The largest absolute Gasteiger partial charge is 0.480 e. The van der Waals surface area contributed by atoms with Gasteiger partial charge in [-0.2, -0.15) is 0 Å². The molecule has 2 atom stereocenters. The van der Waals surface area contributed by atoms with Gasteiger partial charge in [-0.15, -0.1) is 0 Å². The topological polar surface area (TPSA) is 86.7 Å². The average molecular weight is 318 g/mol. The molecule has 2 N–H and O–H groups in total. The number of hydrogen-bond donors (Lipinski definition) is 2. The fourth-order valence-corrected chi connectivity index (χ4v) is 5.22. The van der Waals surface area contributed by atoms with Crippen LogP contribution >= 0.6 is 0 Å². The highest BCUT2D eigenvalue weighted by molar-refractivity contribution is 7.90. The summed E-state index contributed by atoms with van der Waals surface area (Å²) in [7, 11) is -3.35. The van der Waals surface area contributed by atoms with E-state index >= 15 is 0 Å². The second-order valence-electron chi connectivity index (χ2n) is 6.17. The van der Waals surface area contributed by atoms with Crippen molar-refractivity contribution in [2.75, 3.05) is 13.1 Å². The minimum atomic E-state index is -3.35. The van der Waals surface area contributed by atoms with Crippen LogP contribution in [0.2, 0.25) is 0 Å². The number of aliphatic carboxylic acids is 1. The SMILES string of the molecule is CCC(C(=O)O)N1CCCC(S(=O)(=O)NC2CCCC2)C1. The van der Waals surface area contributed by atoms with Crippen LogP contribution in [0, 0.1) is 0 Å². The molecular formula is C14H26N2O4S. The first kappa shape index (κ1) is 16.7. The van der Waals surface area contributed by atoms with Gasteiger partial charge in [-0.05, 0) is 38.6 Å². The summed E-state index contributed by atoms with van der Waals surface area (Å²) in [5.74, 6) is -0.862. The summed E-state index contributed by atoms with van der Waals surface area (Å²) < 4.78 is 27.8. The van der Waals surface area contributed by atoms with Gasteiger partial charge < -0.3 is 5.11 Å². The van der Waals surface area contributed by atoms with Crippen molar-refractivity contribution in [3.63, 3.8) is 0 Å². The Kier molecular flexibility index (Phi) is 5.62. The van der Waals surface area contributed by atoms with Crippen molar-refractivity contribution in [2.24, 2.45) is 0 Å². The average Bonchev–Trinajstić information content (AvgIpc) is 2.91. The van der Waals surface area contributed by atoms with Gasteiger partial charge in [-0.3, -0.25) is 9.69 Å². The minimum Gasteiger partial charge on any atom is -0.480 e. The van der Waals surface area contributed by atoms with E-state index in [0.29, 0.717) is 25.9 Å². The number of sulfonamides is 1. The highest BCUT2D eigenvalue weighted by Gasteiger charge is 2.36. The Morgan fingerprint density at radius 3 is 2.52 bits per heavy atom. The monoisotopic (exact) mass is 318 g/mol. The van der Waals surface area contributed by atoms with Crippen molar-refractivity contribution in [1.29, 1.82) is 0 Å². The summed E-state index contributed by atoms with van der Waals surface area (Å²) in [6, 6.07) is -0.499. The molecule has 0 aromatic carbocycles. The molecule has 0 spiro atoms. The molecule has 21 heavy (non-hydrogen) atoms. The predicted molar refractivity (Wildman–Crippen MR) is 80.6 cm³/mol. The summed E-state index contributed by atoms with van der Waals surface area (Å²) >= 11 is 0. The first-order valence-electron chi connectivity index (χ1n) is 7.92. The van der Waals surface area contributed by atoms with E-state index in [1.807, 2.05) is 11.8 Å². The van der Waals surface area contributed by atoms with E-state index in [-0.39, 0.29) is 6.04 Å². The molecule has 7 heteroatoms. The van der Waals surface area contributed by atoms with E-state index in [9.17, 15) is 18.3 Å². The number of piperidine rings is 1. The van der Waals surface area contributed by atoms with Gasteiger partial charge in [0.25, 0.3) is 0 Å². The summed E-state index contributed by atoms with van der Waals surface area (Å²) in [6.45, 7) is 2.82. The van der Waals surface area contributed by atoms with Gasteiger partial charge in [0.15, 0.2) is 0 Å². The number of hydrogen-bond acceptors (Lipinski definition) is 4. The molecule has 2 rings (SSSR count). The van der Waals surface area contributed by atoms with Crippen LogP contribution in [0.1, 0.15) is 51.9 Å². The van der Waals surface area contributed by atoms with E-state index in [1.54, 1.807) is 0 Å². The fourth-order valence-electron chi connectivity index (χ4n) is 3.46. The zero-order valence-corrected chi connectivity index (χ0v) is 13.4. The smallest absolute Gasteiger partial charge is 0.320 e. The van der Waals surface area contributed by atoms with Crippen molar-refractivity contribution in [2.45, 2.75) is 69.2 Å². The first-order valence-corrected chi connectivity index (χ1v) is 9.46. The summed E-state index contributed by atoms with van der Waals surface area (Å²) in [5, 5.41) is 8.75. The van der Waals surface area contributed by atoms with Gasteiger partial charge in [-0.25, -0.2) is 13.1 Å². The number of rotatable bonds is 6. The molecule has 2 aliphatic rings. The maximum Gasteiger partial charge on any atom is 0.320 e. The summed E-state index contributed by atoms with van der Waals surface area (Å²) in [4.78, 5) is 13.1. The Morgan fingerprint density at radius 2 is 1.95 bits per heavy atom. The molecule has 6 nitrogen and oxygen atoms in total.